The van der Waals surface area contributed by atoms with E-state index in [-0.39, 0.29) is 6.03 Å². The summed E-state index contributed by atoms with van der Waals surface area (Å²) in [6.07, 6.45) is 0. The summed E-state index contributed by atoms with van der Waals surface area (Å²) in [6.45, 7) is 0.598. The third-order valence-corrected chi connectivity index (χ3v) is 2.70. The van der Waals surface area contributed by atoms with Crippen molar-refractivity contribution in [2.24, 2.45) is 0 Å². The van der Waals surface area contributed by atoms with Gasteiger partial charge in [0.1, 0.15) is 0 Å². The molecule has 4 heteroatoms. The van der Waals surface area contributed by atoms with Gasteiger partial charge in [0.25, 0.3) is 0 Å². The molecular weight excluding hydrogens is 244 g/mol. The molecule has 0 radical (unpaired) electrons. The molecule has 1 aromatic carbocycles. The summed E-state index contributed by atoms with van der Waals surface area (Å²) in [5, 5.41) is 2.58. The van der Waals surface area contributed by atoms with Crippen LogP contribution in [0.4, 0.5) is 4.79 Å². The van der Waals surface area contributed by atoms with Crippen LogP contribution < -0.4 is 5.32 Å². The molecular formula is C10H13BrN2O. The van der Waals surface area contributed by atoms with Gasteiger partial charge in [-0.15, -0.1) is 0 Å². The molecule has 1 N–H and O–H groups in total. The quantitative estimate of drug-likeness (QED) is 0.865. The van der Waals surface area contributed by atoms with E-state index in [0.717, 1.165) is 10.0 Å². The van der Waals surface area contributed by atoms with Crippen LogP contribution in [0.1, 0.15) is 5.56 Å². The molecule has 0 saturated heterocycles. The maximum Gasteiger partial charge on any atom is 0.317 e. The predicted molar refractivity (Wildman–Crippen MR) is 60.1 cm³/mol. The lowest BCUT2D eigenvalue weighted by molar-refractivity contribution is 0.209. The van der Waals surface area contributed by atoms with E-state index in [4.69, 9.17) is 0 Å². The molecule has 3 nitrogen and oxygen atoms in total. The second-order valence-electron chi connectivity index (χ2n) is 3.00. The van der Waals surface area contributed by atoms with Gasteiger partial charge in [-0.3, -0.25) is 0 Å². The first-order chi connectivity index (χ1) is 6.65. The van der Waals surface area contributed by atoms with E-state index in [0.29, 0.717) is 6.54 Å². The highest BCUT2D eigenvalue weighted by Crippen LogP contribution is 2.17. The van der Waals surface area contributed by atoms with Crippen molar-refractivity contribution in [3.63, 3.8) is 0 Å². The second-order valence-corrected chi connectivity index (χ2v) is 3.86. The fourth-order valence-electron chi connectivity index (χ4n) is 1.14. The van der Waals surface area contributed by atoms with Crippen LogP contribution >= 0.6 is 15.9 Å². The van der Waals surface area contributed by atoms with Crippen molar-refractivity contribution in [3.05, 3.63) is 34.3 Å². The molecule has 0 atom stereocenters. The van der Waals surface area contributed by atoms with Gasteiger partial charge in [0.2, 0.25) is 0 Å². The lowest BCUT2D eigenvalue weighted by Crippen LogP contribution is -2.34. The highest BCUT2D eigenvalue weighted by Gasteiger charge is 2.07. The predicted octanol–water partition coefficient (Wildman–Crippen LogP) is 2.22. The van der Waals surface area contributed by atoms with Crippen LogP contribution in [0.5, 0.6) is 0 Å². The second kappa shape index (κ2) is 5.00. The lowest BCUT2D eigenvalue weighted by atomic mass is 10.2. The Bertz CT molecular complexity index is 328. The third kappa shape index (κ3) is 2.73. The Morgan fingerprint density at radius 1 is 1.50 bits per heavy atom. The number of hydrogen-bond donors (Lipinski definition) is 1. The molecule has 0 aromatic heterocycles. The van der Waals surface area contributed by atoms with Crippen molar-refractivity contribution in [1.82, 2.24) is 10.2 Å². The summed E-state index contributed by atoms with van der Waals surface area (Å²) >= 11 is 3.44. The number of amides is 2. The largest absolute Gasteiger partial charge is 0.341 e. The Balaban J connectivity index is 2.69. The smallest absolute Gasteiger partial charge is 0.317 e. The molecule has 1 rings (SSSR count). The zero-order valence-electron chi connectivity index (χ0n) is 8.25. The van der Waals surface area contributed by atoms with Crippen molar-refractivity contribution in [2.75, 3.05) is 14.1 Å². The molecule has 0 saturated carbocycles. The highest BCUT2D eigenvalue weighted by atomic mass is 79.9. The minimum absolute atomic E-state index is 0.0826. The van der Waals surface area contributed by atoms with Gasteiger partial charge in [-0.1, -0.05) is 34.1 Å². The maximum absolute atomic E-state index is 11.2. The molecule has 0 aliphatic carbocycles. The summed E-state index contributed by atoms with van der Waals surface area (Å²) in [5.74, 6) is 0. The molecule has 0 aliphatic rings. The molecule has 76 valence electrons. The Morgan fingerprint density at radius 3 is 2.71 bits per heavy atom. The summed E-state index contributed by atoms with van der Waals surface area (Å²) in [5.41, 5.74) is 1.10. The van der Waals surface area contributed by atoms with E-state index < -0.39 is 0 Å². The van der Waals surface area contributed by atoms with E-state index in [1.54, 1.807) is 19.0 Å². The van der Waals surface area contributed by atoms with Crippen molar-refractivity contribution < 1.29 is 4.79 Å². The summed E-state index contributed by atoms with van der Waals surface area (Å²) in [6, 6.07) is 7.78. The first-order valence-corrected chi connectivity index (χ1v) is 5.10. The number of urea groups is 1. The number of halogens is 1. The van der Waals surface area contributed by atoms with E-state index in [1.165, 1.54) is 0 Å². The van der Waals surface area contributed by atoms with Gasteiger partial charge >= 0.3 is 6.03 Å². The molecule has 1 aromatic rings. The Kier molecular flexibility index (Phi) is 3.95. The topological polar surface area (TPSA) is 32.3 Å². The fourth-order valence-corrected chi connectivity index (χ4v) is 1.55. The van der Waals surface area contributed by atoms with Crippen molar-refractivity contribution in [2.45, 2.75) is 6.54 Å². The zero-order valence-corrected chi connectivity index (χ0v) is 9.84. The van der Waals surface area contributed by atoms with Crippen molar-refractivity contribution >= 4 is 22.0 Å². The molecule has 0 aliphatic heterocycles. The van der Waals surface area contributed by atoms with Crippen LogP contribution in [0.25, 0.3) is 0 Å². The number of carbonyl (C=O) groups is 1. The average Bonchev–Trinajstić information content (AvgIpc) is 2.20. The number of nitrogens with one attached hydrogen (secondary N) is 1. The van der Waals surface area contributed by atoms with Crippen LogP contribution in [0.15, 0.2) is 28.7 Å². The minimum Gasteiger partial charge on any atom is -0.341 e. The van der Waals surface area contributed by atoms with E-state index >= 15 is 0 Å². The number of benzene rings is 1. The van der Waals surface area contributed by atoms with Crippen LogP contribution in [-0.4, -0.2) is 25.0 Å². The van der Waals surface area contributed by atoms with Gasteiger partial charge in [0.15, 0.2) is 0 Å². The van der Waals surface area contributed by atoms with E-state index in [9.17, 15) is 4.79 Å². The van der Waals surface area contributed by atoms with Gasteiger partial charge in [0.05, 0.1) is 0 Å². The molecule has 0 bridgehead atoms. The first-order valence-electron chi connectivity index (χ1n) is 4.31. The third-order valence-electron chi connectivity index (χ3n) is 1.93. The normalized spacial score (nSPS) is 9.64. The summed E-state index contributed by atoms with van der Waals surface area (Å²) in [4.78, 5) is 12.9. The number of hydrogen-bond acceptors (Lipinski definition) is 1. The Hall–Kier alpha value is -1.03. The minimum atomic E-state index is -0.0826. The van der Waals surface area contributed by atoms with Crippen molar-refractivity contribution in [3.8, 4) is 0 Å². The molecule has 0 heterocycles. The van der Waals surface area contributed by atoms with E-state index in [2.05, 4.69) is 21.2 Å². The summed E-state index contributed by atoms with van der Waals surface area (Å²) in [7, 11) is 3.39. The van der Waals surface area contributed by atoms with Crippen LogP contribution in [0, 0.1) is 0 Å². The van der Waals surface area contributed by atoms with Crippen LogP contribution in [-0.2, 0) is 6.54 Å². The molecule has 0 fully saturated rings. The Morgan fingerprint density at radius 2 is 2.14 bits per heavy atom. The highest BCUT2D eigenvalue weighted by molar-refractivity contribution is 9.10. The van der Waals surface area contributed by atoms with Gasteiger partial charge in [-0.05, 0) is 11.6 Å². The van der Waals surface area contributed by atoms with Gasteiger partial charge in [-0.2, -0.15) is 0 Å². The fraction of sp³-hybridized carbons (Fsp3) is 0.300. The number of carbonyl (C=O) groups excluding carboxylic acids is 1. The molecule has 0 unspecified atom stereocenters. The number of rotatable bonds is 2. The van der Waals surface area contributed by atoms with Gasteiger partial charge in [-0.25, -0.2) is 4.79 Å². The number of nitrogens with zero attached hydrogens (tertiary/aromatic N) is 1. The Labute approximate surface area is 92.2 Å². The van der Waals surface area contributed by atoms with Gasteiger partial charge in [0, 0.05) is 25.1 Å². The molecule has 14 heavy (non-hydrogen) atoms. The standard InChI is InChI=1S/C10H13BrN2O/c1-12-10(14)13(2)7-8-5-3-4-6-9(8)11/h3-6H,7H2,1-2H3,(H,12,14). The maximum atomic E-state index is 11.2. The SMILES string of the molecule is CNC(=O)N(C)Cc1ccccc1Br. The lowest BCUT2D eigenvalue weighted by Gasteiger charge is -2.17. The first kappa shape index (κ1) is 11.0. The average molecular weight is 257 g/mol. The van der Waals surface area contributed by atoms with Gasteiger partial charge < -0.3 is 10.2 Å². The van der Waals surface area contributed by atoms with Crippen LogP contribution in [0.2, 0.25) is 0 Å². The van der Waals surface area contributed by atoms with Crippen LogP contribution in [0.3, 0.4) is 0 Å². The molecule has 2 amide bonds. The molecule has 0 spiro atoms. The monoisotopic (exact) mass is 256 g/mol. The van der Waals surface area contributed by atoms with E-state index in [1.807, 2.05) is 24.3 Å². The zero-order chi connectivity index (χ0) is 10.6. The van der Waals surface area contributed by atoms with Crippen molar-refractivity contribution in [1.29, 1.82) is 0 Å². The summed E-state index contributed by atoms with van der Waals surface area (Å²) < 4.78 is 1.02.